The molecule has 1 aromatic carbocycles. The summed E-state index contributed by atoms with van der Waals surface area (Å²) in [6.07, 6.45) is 7.67. The van der Waals surface area contributed by atoms with Gasteiger partial charge in [0, 0.05) is 12.6 Å². The van der Waals surface area contributed by atoms with Gasteiger partial charge in [-0.2, -0.15) is 0 Å². The van der Waals surface area contributed by atoms with Gasteiger partial charge in [-0.3, -0.25) is 4.90 Å². The van der Waals surface area contributed by atoms with Crippen LogP contribution in [0.5, 0.6) is 11.5 Å². The van der Waals surface area contributed by atoms with Crippen molar-refractivity contribution < 1.29 is 9.47 Å². The molecule has 0 unspecified atom stereocenters. The third kappa shape index (κ3) is 4.80. The van der Waals surface area contributed by atoms with E-state index in [1.807, 2.05) is 17.8 Å². The van der Waals surface area contributed by atoms with E-state index in [9.17, 15) is 0 Å². The van der Waals surface area contributed by atoms with Crippen LogP contribution in [0.2, 0.25) is 0 Å². The number of thioether (sulfide) groups is 1. The predicted molar refractivity (Wildman–Crippen MR) is 109 cm³/mol. The van der Waals surface area contributed by atoms with Crippen LogP contribution in [0.15, 0.2) is 18.2 Å². The SMILES string of the molecule is COc1ccc(CCN2CSC(=S)N(C3CCCCC3)C2)cc1OC. The quantitative estimate of drug-likeness (QED) is 0.688. The topological polar surface area (TPSA) is 24.9 Å². The van der Waals surface area contributed by atoms with Gasteiger partial charge in [-0.1, -0.05) is 49.3 Å². The van der Waals surface area contributed by atoms with E-state index >= 15 is 0 Å². The third-order valence-corrected chi connectivity index (χ3v) is 6.70. The normalized spacial score (nSPS) is 19.9. The molecular weight excluding hydrogens is 352 g/mol. The Labute approximate surface area is 160 Å². The van der Waals surface area contributed by atoms with Crippen molar-refractivity contribution in [3.05, 3.63) is 23.8 Å². The second-order valence-electron chi connectivity index (χ2n) is 6.78. The summed E-state index contributed by atoms with van der Waals surface area (Å²) in [6, 6.07) is 6.85. The number of rotatable bonds is 6. The Balaban J connectivity index is 1.56. The molecule has 0 atom stereocenters. The lowest BCUT2D eigenvalue weighted by Gasteiger charge is -2.42. The van der Waals surface area contributed by atoms with Gasteiger partial charge in [0.25, 0.3) is 0 Å². The molecule has 6 heteroatoms. The summed E-state index contributed by atoms with van der Waals surface area (Å²) in [5, 5.41) is 0. The first-order valence-electron chi connectivity index (χ1n) is 9.08. The Morgan fingerprint density at radius 1 is 1.12 bits per heavy atom. The third-order valence-electron chi connectivity index (χ3n) is 5.14. The summed E-state index contributed by atoms with van der Waals surface area (Å²) in [5.41, 5.74) is 1.28. The molecule has 1 aliphatic carbocycles. The Morgan fingerprint density at radius 3 is 2.60 bits per heavy atom. The van der Waals surface area contributed by atoms with Crippen LogP contribution in [-0.4, -0.2) is 53.5 Å². The fraction of sp³-hybridized carbons (Fsp3) is 0.632. The zero-order chi connectivity index (χ0) is 17.6. The average Bonchev–Trinajstić information content (AvgIpc) is 2.67. The fourth-order valence-electron chi connectivity index (χ4n) is 3.66. The minimum absolute atomic E-state index is 0.651. The van der Waals surface area contributed by atoms with Gasteiger partial charge in [-0.25, -0.2) is 0 Å². The smallest absolute Gasteiger partial charge is 0.160 e. The molecule has 1 heterocycles. The second-order valence-corrected chi connectivity index (χ2v) is 8.35. The van der Waals surface area contributed by atoms with Crippen LogP contribution in [0.3, 0.4) is 0 Å². The zero-order valence-electron chi connectivity index (χ0n) is 15.2. The number of hydrogen-bond acceptors (Lipinski definition) is 5. The second kappa shape index (κ2) is 9.10. The standard InChI is InChI=1S/C19H28N2O2S2/c1-22-17-9-8-15(12-18(17)23-2)10-11-20-13-21(19(24)25-14-20)16-6-4-3-5-7-16/h8-9,12,16H,3-7,10-11,13-14H2,1-2H3. The molecule has 0 amide bonds. The molecule has 4 nitrogen and oxygen atoms in total. The van der Waals surface area contributed by atoms with E-state index in [-0.39, 0.29) is 0 Å². The molecule has 1 saturated heterocycles. The maximum Gasteiger partial charge on any atom is 0.160 e. The minimum atomic E-state index is 0.651. The summed E-state index contributed by atoms with van der Waals surface area (Å²) in [5.74, 6) is 2.58. The van der Waals surface area contributed by atoms with Crippen LogP contribution < -0.4 is 9.47 Å². The van der Waals surface area contributed by atoms with Crippen LogP contribution >= 0.6 is 24.0 Å². The van der Waals surface area contributed by atoms with Crippen molar-refractivity contribution in [1.82, 2.24) is 9.80 Å². The molecule has 0 N–H and O–H groups in total. The van der Waals surface area contributed by atoms with Crippen molar-refractivity contribution in [2.45, 2.75) is 44.6 Å². The molecule has 1 saturated carbocycles. The summed E-state index contributed by atoms with van der Waals surface area (Å²) < 4.78 is 11.8. The van der Waals surface area contributed by atoms with Crippen molar-refractivity contribution in [3.8, 4) is 11.5 Å². The van der Waals surface area contributed by atoms with E-state index in [0.29, 0.717) is 6.04 Å². The van der Waals surface area contributed by atoms with Crippen LogP contribution in [0, 0.1) is 0 Å². The number of hydrogen-bond donors (Lipinski definition) is 0. The van der Waals surface area contributed by atoms with Gasteiger partial charge >= 0.3 is 0 Å². The summed E-state index contributed by atoms with van der Waals surface area (Å²) in [7, 11) is 3.36. The molecule has 1 aromatic rings. The molecule has 25 heavy (non-hydrogen) atoms. The first kappa shape index (κ1) is 18.8. The first-order valence-corrected chi connectivity index (χ1v) is 10.5. The molecule has 138 valence electrons. The molecule has 0 bridgehead atoms. The van der Waals surface area contributed by atoms with E-state index in [1.165, 1.54) is 37.7 Å². The van der Waals surface area contributed by atoms with Gasteiger partial charge < -0.3 is 14.4 Å². The van der Waals surface area contributed by atoms with E-state index in [4.69, 9.17) is 21.7 Å². The van der Waals surface area contributed by atoms with Gasteiger partial charge in [-0.15, -0.1) is 0 Å². The average molecular weight is 381 g/mol. The van der Waals surface area contributed by atoms with Gasteiger partial charge in [0.2, 0.25) is 0 Å². The number of nitrogens with zero attached hydrogens (tertiary/aromatic N) is 2. The van der Waals surface area contributed by atoms with Gasteiger partial charge in [0.05, 0.1) is 26.8 Å². The first-order chi connectivity index (χ1) is 12.2. The Morgan fingerprint density at radius 2 is 1.88 bits per heavy atom. The van der Waals surface area contributed by atoms with Crippen molar-refractivity contribution >= 4 is 28.3 Å². The lowest BCUT2D eigenvalue weighted by Crippen LogP contribution is -2.50. The molecule has 2 aliphatic rings. The van der Waals surface area contributed by atoms with E-state index in [2.05, 4.69) is 21.9 Å². The molecular formula is C19H28N2O2S2. The van der Waals surface area contributed by atoms with E-state index in [0.717, 1.165) is 41.3 Å². The molecule has 0 spiro atoms. The number of benzene rings is 1. The van der Waals surface area contributed by atoms with Gasteiger partial charge in [-0.05, 0) is 37.0 Å². The number of methoxy groups -OCH3 is 2. The van der Waals surface area contributed by atoms with Crippen molar-refractivity contribution in [3.63, 3.8) is 0 Å². The molecule has 0 radical (unpaired) electrons. The van der Waals surface area contributed by atoms with Crippen molar-refractivity contribution in [1.29, 1.82) is 0 Å². The maximum atomic E-state index is 5.63. The van der Waals surface area contributed by atoms with Crippen molar-refractivity contribution in [2.24, 2.45) is 0 Å². The highest BCUT2D eigenvalue weighted by atomic mass is 32.2. The van der Waals surface area contributed by atoms with Gasteiger partial charge in [0.1, 0.15) is 4.32 Å². The number of thiocarbonyl (C=S) groups is 1. The fourth-order valence-corrected chi connectivity index (χ4v) is 4.90. The Hall–Kier alpha value is -0.980. The largest absolute Gasteiger partial charge is 0.493 e. The Kier molecular flexibility index (Phi) is 6.84. The van der Waals surface area contributed by atoms with E-state index in [1.54, 1.807) is 14.2 Å². The van der Waals surface area contributed by atoms with E-state index < -0.39 is 0 Å². The molecule has 1 aliphatic heterocycles. The zero-order valence-corrected chi connectivity index (χ0v) is 16.8. The van der Waals surface area contributed by atoms with Crippen LogP contribution in [0.25, 0.3) is 0 Å². The highest BCUT2D eigenvalue weighted by Crippen LogP contribution is 2.30. The number of ether oxygens (including phenoxy) is 2. The Bertz CT molecular complexity index is 591. The summed E-state index contributed by atoms with van der Waals surface area (Å²) in [6.45, 7) is 2.01. The van der Waals surface area contributed by atoms with Crippen LogP contribution in [0.1, 0.15) is 37.7 Å². The molecule has 2 fully saturated rings. The van der Waals surface area contributed by atoms with Crippen LogP contribution in [-0.2, 0) is 6.42 Å². The predicted octanol–water partition coefficient (Wildman–Crippen LogP) is 4.13. The lowest BCUT2D eigenvalue weighted by molar-refractivity contribution is 0.152. The summed E-state index contributed by atoms with van der Waals surface area (Å²) in [4.78, 5) is 4.98. The maximum absolute atomic E-state index is 5.63. The monoisotopic (exact) mass is 380 g/mol. The highest BCUT2D eigenvalue weighted by molar-refractivity contribution is 8.22. The van der Waals surface area contributed by atoms with Crippen LogP contribution in [0.4, 0.5) is 0 Å². The van der Waals surface area contributed by atoms with Crippen molar-refractivity contribution in [2.75, 3.05) is 33.3 Å². The highest BCUT2D eigenvalue weighted by Gasteiger charge is 2.28. The molecule has 3 rings (SSSR count). The van der Waals surface area contributed by atoms with Gasteiger partial charge in [0.15, 0.2) is 11.5 Å². The molecule has 0 aromatic heterocycles. The minimum Gasteiger partial charge on any atom is -0.493 e. The lowest BCUT2D eigenvalue weighted by atomic mass is 9.95. The summed E-state index contributed by atoms with van der Waals surface area (Å²) >= 11 is 7.45.